The molecule has 0 aromatic heterocycles. The molecule has 0 spiro atoms. The van der Waals surface area contributed by atoms with E-state index in [9.17, 15) is 15.0 Å². The predicted octanol–water partition coefficient (Wildman–Crippen LogP) is 5.76. The molecule has 0 radical (unpaired) electrons. The molecule has 0 heterocycles. The Kier molecular flexibility index (Phi) is 5.97. The third-order valence-corrected chi connectivity index (χ3v) is 10.8. The Morgan fingerprint density at radius 3 is 2.43 bits per heavy atom. The summed E-state index contributed by atoms with van der Waals surface area (Å²) in [5.41, 5.74) is -1.30. The summed E-state index contributed by atoms with van der Waals surface area (Å²) in [6.45, 7) is 11.9. The molecule has 0 amide bonds. The van der Waals surface area contributed by atoms with E-state index >= 15 is 0 Å². The van der Waals surface area contributed by atoms with Gasteiger partial charge in [0.15, 0.2) is 5.78 Å². The molecule has 4 aliphatic rings. The molecule has 0 aromatic rings. The van der Waals surface area contributed by atoms with Crippen molar-refractivity contribution in [3.8, 4) is 0 Å². The molecular formula is C27H46O3. The van der Waals surface area contributed by atoms with Crippen molar-refractivity contribution in [3.05, 3.63) is 0 Å². The molecule has 30 heavy (non-hydrogen) atoms. The van der Waals surface area contributed by atoms with Crippen LogP contribution in [0.15, 0.2) is 0 Å². The van der Waals surface area contributed by atoms with Crippen LogP contribution in [-0.4, -0.2) is 27.7 Å². The molecule has 172 valence electrons. The first-order chi connectivity index (χ1) is 14.0. The highest BCUT2D eigenvalue weighted by atomic mass is 16.3. The predicted molar refractivity (Wildman–Crippen MR) is 121 cm³/mol. The fourth-order valence-electron chi connectivity index (χ4n) is 9.04. The molecular weight excluding hydrogens is 372 g/mol. The van der Waals surface area contributed by atoms with Crippen LogP contribution in [0.1, 0.15) is 105 Å². The normalized spacial score (nSPS) is 49.5. The Morgan fingerprint density at radius 2 is 1.73 bits per heavy atom. The van der Waals surface area contributed by atoms with Gasteiger partial charge in [-0.05, 0) is 79.4 Å². The topological polar surface area (TPSA) is 57.5 Å². The van der Waals surface area contributed by atoms with Gasteiger partial charge < -0.3 is 10.2 Å². The zero-order valence-electron chi connectivity index (χ0n) is 20.1. The van der Waals surface area contributed by atoms with Gasteiger partial charge in [0.05, 0.1) is 6.10 Å². The van der Waals surface area contributed by atoms with Crippen LogP contribution < -0.4 is 0 Å². The van der Waals surface area contributed by atoms with E-state index in [1.807, 2.05) is 0 Å². The van der Waals surface area contributed by atoms with E-state index in [1.54, 1.807) is 0 Å². The van der Waals surface area contributed by atoms with E-state index in [0.717, 1.165) is 37.0 Å². The first kappa shape index (κ1) is 22.8. The standard InChI is InChI=1S/C27H46O3/c1-17(2)7-6-8-18(3)21-9-10-22-20-15-24(29)27(30)16-19(28)11-14-26(27,5)23(20)12-13-25(21,22)4/h17-23,28,30H,6-16H2,1-5H3/t18-,19-,20+,21-,22+,23+,25-,26-,27-/m1/s1. The number of carbonyl (C=O) groups is 1. The summed E-state index contributed by atoms with van der Waals surface area (Å²) >= 11 is 0. The van der Waals surface area contributed by atoms with Crippen LogP contribution in [0.3, 0.4) is 0 Å². The van der Waals surface area contributed by atoms with Crippen LogP contribution >= 0.6 is 0 Å². The van der Waals surface area contributed by atoms with Gasteiger partial charge in [-0.1, -0.05) is 53.9 Å². The molecule has 3 heteroatoms. The molecule has 0 aromatic carbocycles. The van der Waals surface area contributed by atoms with E-state index in [-0.39, 0.29) is 17.6 Å². The first-order valence-electron chi connectivity index (χ1n) is 13.0. The SMILES string of the molecule is CC(C)CCC[C@@H](C)[C@H]1CC[C@H]2[C@@H]3CC(=O)[C@]4(O)C[C@H](O)CC[C@]4(C)[C@H]3CC[C@]12C. The van der Waals surface area contributed by atoms with Crippen molar-refractivity contribution in [2.24, 2.45) is 46.3 Å². The zero-order chi connectivity index (χ0) is 21.9. The number of Topliss-reactive ketones (excluding diaryl/α,β-unsaturated/α-hetero) is 1. The van der Waals surface area contributed by atoms with Crippen LogP contribution in [-0.2, 0) is 4.79 Å². The highest BCUT2D eigenvalue weighted by Gasteiger charge is 2.67. The van der Waals surface area contributed by atoms with Crippen molar-refractivity contribution >= 4 is 5.78 Å². The molecule has 0 bridgehead atoms. The second kappa shape index (κ2) is 7.87. The Bertz CT molecular complexity index is 658. The molecule has 0 unspecified atom stereocenters. The molecule has 4 aliphatic carbocycles. The average Bonchev–Trinajstić information content (AvgIpc) is 3.01. The zero-order valence-corrected chi connectivity index (χ0v) is 20.1. The largest absolute Gasteiger partial charge is 0.393 e. The third kappa shape index (κ3) is 3.33. The number of hydrogen-bond donors (Lipinski definition) is 2. The van der Waals surface area contributed by atoms with Gasteiger partial charge in [0.2, 0.25) is 0 Å². The van der Waals surface area contributed by atoms with Crippen molar-refractivity contribution in [2.75, 3.05) is 0 Å². The maximum Gasteiger partial charge on any atom is 0.165 e. The number of ketones is 1. The highest BCUT2D eigenvalue weighted by molar-refractivity contribution is 5.89. The van der Waals surface area contributed by atoms with Crippen LogP contribution in [0.5, 0.6) is 0 Å². The minimum atomic E-state index is -1.30. The maximum atomic E-state index is 13.3. The summed E-state index contributed by atoms with van der Waals surface area (Å²) in [4.78, 5) is 13.3. The summed E-state index contributed by atoms with van der Waals surface area (Å²) in [5.74, 6) is 3.87. The average molecular weight is 419 g/mol. The van der Waals surface area contributed by atoms with Crippen molar-refractivity contribution < 1.29 is 15.0 Å². The molecule has 4 rings (SSSR count). The van der Waals surface area contributed by atoms with E-state index in [0.29, 0.717) is 29.6 Å². The number of aliphatic hydroxyl groups is 2. The number of hydrogen-bond acceptors (Lipinski definition) is 3. The molecule has 4 saturated carbocycles. The lowest BCUT2D eigenvalue weighted by Crippen LogP contribution is -2.67. The van der Waals surface area contributed by atoms with Crippen LogP contribution in [0, 0.1) is 46.3 Å². The van der Waals surface area contributed by atoms with Gasteiger partial charge in [-0.3, -0.25) is 4.79 Å². The molecule has 4 fully saturated rings. The Morgan fingerprint density at radius 1 is 1.00 bits per heavy atom. The Labute approximate surface area is 184 Å². The molecule has 0 aliphatic heterocycles. The highest BCUT2D eigenvalue weighted by Crippen LogP contribution is 2.68. The molecule has 0 saturated heterocycles. The maximum absolute atomic E-state index is 13.3. The van der Waals surface area contributed by atoms with Gasteiger partial charge in [0, 0.05) is 18.3 Å². The Hall–Kier alpha value is -0.410. The lowest BCUT2D eigenvalue weighted by atomic mass is 9.42. The molecule has 9 atom stereocenters. The fourth-order valence-corrected chi connectivity index (χ4v) is 9.04. The fraction of sp³-hybridized carbons (Fsp3) is 0.963. The van der Waals surface area contributed by atoms with Crippen LogP contribution in [0.25, 0.3) is 0 Å². The summed E-state index contributed by atoms with van der Waals surface area (Å²) in [6, 6.07) is 0. The summed E-state index contributed by atoms with van der Waals surface area (Å²) in [6.07, 6.45) is 10.8. The van der Waals surface area contributed by atoms with Gasteiger partial charge in [-0.25, -0.2) is 0 Å². The molecule has 3 nitrogen and oxygen atoms in total. The van der Waals surface area contributed by atoms with Crippen LogP contribution in [0.4, 0.5) is 0 Å². The first-order valence-corrected chi connectivity index (χ1v) is 13.0. The lowest BCUT2D eigenvalue weighted by molar-refractivity contribution is -0.213. The monoisotopic (exact) mass is 418 g/mol. The Balaban J connectivity index is 1.54. The third-order valence-electron chi connectivity index (χ3n) is 10.8. The number of rotatable bonds is 5. The van der Waals surface area contributed by atoms with Gasteiger partial charge >= 0.3 is 0 Å². The van der Waals surface area contributed by atoms with Crippen molar-refractivity contribution in [2.45, 2.75) is 117 Å². The minimum Gasteiger partial charge on any atom is -0.393 e. The minimum absolute atomic E-state index is 0.0303. The number of fused-ring (bicyclic) bond motifs is 5. The van der Waals surface area contributed by atoms with Gasteiger partial charge in [0.25, 0.3) is 0 Å². The van der Waals surface area contributed by atoms with Gasteiger partial charge in [0.1, 0.15) is 5.60 Å². The van der Waals surface area contributed by atoms with Crippen LogP contribution in [0.2, 0.25) is 0 Å². The van der Waals surface area contributed by atoms with E-state index in [4.69, 9.17) is 0 Å². The second-order valence-electron chi connectivity index (χ2n) is 12.7. The van der Waals surface area contributed by atoms with Crippen molar-refractivity contribution in [1.82, 2.24) is 0 Å². The summed E-state index contributed by atoms with van der Waals surface area (Å²) < 4.78 is 0. The van der Waals surface area contributed by atoms with E-state index in [2.05, 4.69) is 34.6 Å². The quantitative estimate of drug-likeness (QED) is 0.596. The van der Waals surface area contributed by atoms with E-state index in [1.165, 1.54) is 38.5 Å². The van der Waals surface area contributed by atoms with Crippen molar-refractivity contribution in [3.63, 3.8) is 0 Å². The van der Waals surface area contributed by atoms with Gasteiger partial charge in [-0.2, -0.15) is 0 Å². The van der Waals surface area contributed by atoms with Gasteiger partial charge in [-0.15, -0.1) is 0 Å². The summed E-state index contributed by atoms with van der Waals surface area (Å²) in [7, 11) is 0. The molecule has 2 N–H and O–H groups in total. The smallest absolute Gasteiger partial charge is 0.165 e. The van der Waals surface area contributed by atoms with E-state index < -0.39 is 11.7 Å². The van der Waals surface area contributed by atoms with Crippen molar-refractivity contribution in [1.29, 1.82) is 0 Å². The number of aliphatic hydroxyl groups excluding tert-OH is 1. The second-order valence-corrected chi connectivity index (χ2v) is 12.7. The number of carbonyl (C=O) groups excluding carboxylic acids is 1. The summed E-state index contributed by atoms with van der Waals surface area (Å²) in [5, 5.41) is 21.7. The lowest BCUT2D eigenvalue weighted by Gasteiger charge is -2.63.